The largest absolute Gasteiger partial charge is 0.427 e. The molecular formula is C15H21NO3. The van der Waals surface area contributed by atoms with E-state index in [1.165, 1.54) is 31.7 Å². The van der Waals surface area contributed by atoms with Crippen LogP contribution in [0, 0.1) is 13.8 Å². The van der Waals surface area contributed by atoms with Gasteiger partial charge in [0.15, 0.2) is 0 Å². The van der Waals surface area contributed by atoms with Gasteiger partial charge in [-0.25, -0.2) is 4.79 Å². The molecular weight excluding hydrogens is 242 g/mol. The van der Waals surface area contributed by atoms with Crippen LogP contribution in [0.2, 0.25) is 0 Å². The van der Waals surface area contributed by atoms with E-state index in [0.29, 0.717) is 16.9 Å². The molecule has 0 radical (unpaired) electrons. The summed E-state index contributed by atoms with van der Waals surface area (Å²) in [6, 6.07) is 1.62. The molecule has 0 aromatic carbocycles. The van der Waals surface area contributed by atoms with E-state index in [9.17, 15) is 9.59 Å². The zero-order chi connectivity index (χ0) is 13.8. The number of carbonyl (C=O) groups is 1. The Balaban J connectivity index is 2.13. The third kappa shape index (κ3) is 3.46. The Hall–Kier alpha value is -1.58. The topological polar surface area (TPSA) is 59.3 Å². The lowest BCUT2D eigenvalue weighted by Crippen LogP contribution is -2.35. The Kier molecular flexibility index (Phi) is 4.40. The van der Waals surface area contributed by atoms with Crippen LogP contribution in [0.4, 0.5) is 0 Å². The summed E-state index contributed by atoms with van der Waals surface area (Å²) in [4.78, 5) is 23.5. The number of hydrogen-bond acceptors (Lipinski definition) is 3. The Bertz CT molecular complexity index is 484. The molecule has 1 saturated carbocycles. The van der Waals surface area contributed by atoms with Gasteiger partial charge in [-0.15, -0.1) is 0 Å². The first-order valence-electron chi connectivity index (χ1n) is 7.00. The number of amides is 1. The van der Waals surface area contributed by atoms with Crippen LogP contribution in [0.25, 0.3) is 0 Å². The van der Waals surface area contributed by atoms with Crippen molar-refractivity contribution in [3.8, 4) is 0 Å². The maximum Gasteiger partial charge on any atom is 0.336 e. The fraction of sp³-hybridized carbons (Fsp3) is 0.600. The molecule has 19 heavy (non-hydrogen) atoms. The zero-order valence-corrected chi connectivity index (χ0v) is 11.6. The SMILES string of the molecule is Cc1cc(=O)oc(C)c1C(=O)NC1CCCCCC1. The molecule has 0 bridgehead atoms. The normalized spacial score (nSPS) is 16.9. The van der Waals surface area contributed by atoms with Crippen LogP contribution in [0.5, 0.6) is 0 Å². The molecule has 1 N–H and O–H groups in total. The molecule has 1 fully saturated rings. The number of aryl methyl sites for hydroxylation is 2. The highest BCUT2D eigenvalue weighted by Gasteiger charge is 2.19. The zero-order valence-electron chi connectivity index (χ0n) is 11.6. The fourth-order valence-electron chi connectivity index (χ4n) is 2.78. The predicted octanol–water partition coefficient (Wildman–Crippen LogP) is 2.71. The van der Waals surface area contributed by atoms with E-state index in [1.54, 1.807) is 13.8 Å². The van der Waals surface area contributed by atoms with Gasteiger partial charge in [-0.05, 0) is 32.3 Å². The summed E-state index contributed by atoms with van der Waals surface area (Å²) in [6.45, 7) is 3.43. The summed E-state index contributed by atoms with van der Waals surface area (Å²) in [7, 11) is 0. The van der Waals surface area contributed by atoms with Gasteiger partial charge in [0.25, 0.3) is 5.91 Å². The molecule has 1 aromatic rings. The molecule has 104 valence electrons. The first-order valence-corrected chi connectivity index (χ1v) is 7.00. The second-order valence-corrected chi connectivity index (χ2v) is 5.34. The second kappa shape index (κ2) is 6.04. The van der Waals surface area contributed by atoms with Gasteiger partial charge >= 0.3 is 5.63 Å². The van der Waals surface area contributed by atoms with E-state index in [2.05, 4.69) is 5.32 Å². The molecule has 4 nitrogen and oxygen atoms in total. The molecule has 0 atom stereocenters. The second-order valence-electron chi connectivity index (χ2n) is 5.34. The van der Waals surface area contributed by atoms with Gasteiger partial charge in [0.05, 0.1) is 5.56 Å². The third-order valence-electron chi connectivity index (χ3n) is 3.75. The lowest BCUT2D eigenvalue weighted by molar-refractivity contribution is 0.0929. The van der Waals surface area contributed by atoms with Gasteiger partial charge in [0.1, 0.15) is 5.76 Å². The summed E-state index contributed by atoms with van der Waals surface area (Å²) in [5.74, 6) is 0.279. The molecule has 0 unspecified atom stereocenters. The van der Waals surface area contributed by atoms with E-state index >= 15 is 0 Å². The van der Waals surface area contributed by atoms with Gasteiger partial charge in [-0.2, -0.15) is 0 Å². The van der Waals surface area contributed by atoms with Crippen molar-refractivity contribution < 1.29 is 9.21 Å². The van der Waals surface area contributed by atoms with E-state index in [0.717, 1.165) is 12.8 Å². The van der Waals surface area contributed by atoms with Crippen LogP contribution in [-0.4, -0.2) is 11.9 Å². The summed E-state index contributed by atoms with van der Waals surface area (Å²) in [5, 5.41) is 3.08. The van der Waals surface area contributed by atoms with E-state index in [-0.39, 0.29) is 11.9 Å². The molecule has 1 aromatic heterocycles. The van der Waals surface area contributed by atoms with Crippen molar-refractivity contribution in [1.29, 1.82) is 0 Å². The van der Waals surface area contributed by atoms with Gasteiger partial charge in [-0.1, -0.05) is 25.7 Å². The molecule has 4 heteroatoms. The fourth-order valence-corrected chi connectivity index (χ4v) is 2.78. The lowest BCUT2D eigenvalue weighted by atomic mass is 10.1. The van der Waals surface area contributed by atoms with Crippen molar-refractivity contribution in [2.45, 2.75) is 58.4 Å². The molecule has 1 amide bonds. The van der Waals surface area contributed by atoms with Crippen LogP contribution >= 0.6 is 0 Å². The summed E-state index contributed by atoms with van der Waals surface area (Å²) >= 11 is 0. The van der Waals surface area contributed by atoms with Gasteiger partial charge in [0, 0.05) is 12.1 Å². The van der Waals surface area contributed by atoms with Gasteiger partial charge < -0.3 is 9.73 Å². The summed E-state index contributed by atoms with van der Waals surface area (Å²) < 4.78 is 5.01. The van der Waals surface area contributed by atoms with Crippen molar-refractivity contribution >= 4 is 5.91 Å². The van der Waals surface area contributed by atoms with Crippen LogP contribution in [0.15, 0.2) is 15.3 Å². The van der Waals surface area contributed by atoms with Crippen molar-refractivity contribution in [3.05, 3.63) is 33.4 Å². The maximum absolute atomic E-state index is 12.3. The van der Waals surface area contributed by atoms with Crippen molar-refractivity contribution in [2.75, 3.05) is 0 Å². The highest BCUT2D eigenvalue weighted by Crippen LogP contribution is 2.18. The monoisotopic (exact) mass is 263 g/mol. The van der Waals surface area contributed by atoms with Gasteiger partial charge in [0.2, 0.25) is 0 Å². The highest BCUT2D eigenvalue weighted by molar-refractivity contribution is 5.96. The average Bonchev–Trinajstić information content (AvgIpc) is 2.56. The van der Waals surface area contributed by atoms with E-state index in [4.69, 9.17) is 4.42 Å². The Labute approximate surface area is 113 Å². The quantitative estimate of drug-likeness (QED) is 0.835. The smallest absolute Gasteiger partial charge is 0.336 e. The van der Waals surface area contributed by atoms with Crippen LogP contribution < -0.4 is 10.9 Å². The van der Waals surface area contributed by atoms with E-state index < -0.39 is 5.63 Å². The van der Waals surface area contributed by atoms with Crippen molar-refractivity contribution in [1.82, 2.24) is 5.32 Å². The predicted molar refractivity (Wildman–Crippen MR) is 73.4 cm³/mol. The Morgan fingerprint density at radius 2 is 1.84 bits per heavy atom. The van der Waals surface area contributed by atoms with E-state index in [1.807, 2.05) is 0 Å². The summed E-state index contributed by atoms with van der Waals surface area (Å²) in [5.41, 5.74) is 0.782. The van der Waals surface area contributed by atoms with Crippen LogP contribution in [-0.2, 0) is 0 Å². The number of rotatable bonds is 2. The molecule has 2 rings (SSSR count). The third-order valence-corrected chi connectivity index (χ3v) is 3.75. The number of hydrogen-bond donors (Lipinski definition) is 1. The number of carbonyl (C=O) groups excluding carboxylic acids is 1. The minimum atomic E-state index is -0.402. The number of nitrogens with one attached hydrogen (secondary N) is 1. The van der Waals surface area contributed by atoms with Crippen LogP contribution in [0.3, 0.4) is 0 Å². The maximum atomic E-state index is 12.3. The molecule has 1 aliphatic carbocycles. The van der Waals surface area contributed by atoms with Crippen molar-refractivity contribution in [3.63, 3.8) is 0 Å². The average molecular weight is 263 g/mol. The van der Waals surface area contributed by atoms with Crippen LogP contribution in [0.1, 0.15) is 60.2 Å². The molecule has 1 heterocycles. The lowest BCUT2D eigenvalue weighted by Gasteiger charge is -2.17. The minimum Gasteiger partial charge on any atom is -0.427 e. The molecule has 1 aliphatic rings. The Morgan fingerprint density at radius 3 is 2.42 bits per heavy atom. The molecule has 0 aliphatic heterocycles. The highest BCUT2D eigenvalue weighted by atomic mass is 16.4. The van der Waals surface area contributed by atoms with Crippen molar-refractivity contribution in [2.24, 2.45) is 0 Å². The molecule has 0 saturated heterocycles. The molecule has 0 spiro atoms. The minimum absolute atomic E-state index is 0.120. The summed E-state index contributed by atoms with van der Waals surface area (Å²) in [6.07, 6.45) is 6.94. The first kappa shape index (κ1) is 13.8. The first-order chi connectivity index (χ1) is 9.08. The van der Waals surface area contributed by atoms with Gasteiger partial charge in [-0.3, -0.25) is 4.79 Å². The Morgan fingerprint density at radius 1 is 1.21 bits per heavy atom. The standard InChI is InChI=1S/C15H21NO3/c1-10-9-13(17)19-11(2)14(10)15(18)16-12-7-5-3-4-6-8-12/h9,12H,3-8H2,1-2H3,(H,16,18).